The van der Waals surface area contributed by atoms with Crippen LogP contribution in [-0.2, 0) is 4.79 Å². The van der Waals surface area contributed by atoms with Crippen LogP contribution in [-0.4, -0.2) is 35.6 Å². The van der Waals surface area contributed by atoms with Gasteiger partial charge in [0, 0.05) is 47.4 Å². The molecule has 2 aliphatic carbocycles. The maximum absolute atomic E-state index is 14.9. The number of aromatic amines is 1. The number of fused-ring (bicyclic) bond motifs is 4. The summed E-state index contributed by atoms with van der Waals surface area (Å²) in [5.41, 5.74) is 2.74. The average molecular weight is 452 g/mol. The zero-order chi connectivity index (χ0) is 22.0. The predicted molar refractivity (Wildman–Crippen MR) is 119 cm³/mol. The summed E-state index contributed by atoms with van der Waals surface area (Å²) in [6.07, 6.45) is 10.5. The number of halogens is 2. The van der Waals surface area contributed by atoms with Crippen molar-refractivity contribution in [2.45, 2.75) is 32.1 Å². The molecule has 32 heavy (non-hydrogen) atoms. The number of nitrogens with zero attached hydrogens (tertiary/aromatic N) is 4. The van der Waals surface area contributed by atoms with Crippen molar-refractivity contribution in [2.24, 2.45) is 11.8 Å². The monoisotopic (exact) mass is 451 g/mol. The highest BCUT2D eigenvalue weighted by Gasteiger charge is 2.36. The summed E-state index contributed by atoms with van der Waals surface area (Å²) in [7, 11) is 0. The minimum absolute atomic E-state index is 0.0816. The number of carbonyl (C=O) groups is 1. The quantitative estimate of drug-likeness (QED) is 0.442. The molecule has 0 aromatic carbocycles. The molecule has 6 rings (SSSR count). The van der Waals surface area contributed by atoms with E-state index in [-0.39, 0.29) is 11.3 Å². The number of nitrogens with one attached hydrogen (secondary N) is 1. The van der Waals surface area contributed by atoms with E-state index in [0.717, 1.165) is 31.1 Å². The van der Waals surface area contributed by atoms with Gasteiger partial charge in [-0.1, -0.05) is 24.4 Å². The Kier molecular flexibility index (Phi) is 4.33. The third-order valence-electron chi connectivity index (χ3n) is 6.72. The van der Waals surface area contributed by atoms with E-state index in [1.807, 2.05) is 0 Å². The van der Waals surface area contributed by atoms with Gasteiger partial charge in [-0.3, -0.25) is 0 Å². The highest BCUT2D eigenvalue weighted by atomic mass is 35.5. The van der Waals surface area contributed by atoms with Crippen molar-refractivity contribution in [3.63, 3.8) is 0 Å². The fourth-order valence-electron chi connectivity index (χ4n) is 5.35. The van der Waals surface area contributed by atoms with Crippen molar-refractivity contribution in [1.82, 2.24) is 24.5 Å². The van der Waals surface area contributed by atoms with Crippen LogP contribution < -0.4 is 0 Å². The van der Waals surface area contributed by atoms with Crippen LogP contribution in [0.1, 0.15) is 32.1 Å². The molecule has 0 saturated heterocycles. The molecule has 2 unspecified atom stereocenters. The number of aromatic nitrogens is 5. The number of H-pyrrole nitrogens is 1. The van der Waals surface area contributed by atoms with E-state index in [0.29, 0.717) is 51.3 Å². The van der Waals surface area contributed by atoms with Crippen molar-refractivity contribution >= 4 is 45.3 Å². The summed E-state index contributed by atoms with van der Waals surface area (Å²) in [5.74, 6) is -0.556. The molecular weight excluding hydrogens is 433 g/mol. The van der Waals surface area contributed by atoms with Crippen molar-refractivity contribution in [3.8, 4) is 11.4 Å². The Morgan fingerprint density at radius 2 is 2.12 bits per heavy atom. The van der Waals surface area contributed by atoms with E-state index in [9.17, 15) is 14.3 Å². The van der Waals surface area contributed by atoms with E-state index < -0.39 is 11.8 Å². The van der Waals surface area contributed by atoms with Gasteiger partial charge in [0.15, 0.2) is 17.3 Å². The van der Waals surface area contributed by atoms with Gasteiger partial charge in [-0.05, 0) is 31.2 Å². The molecule has 1 fully saturated rings. The molecule has 2 N–H and O–H groups in total. The molecule has 7 nitrogen and oxygen atoms in total. The van der Waals surface area contributed by atoms with Gasteiger partial charge in [-0.15, -0.1) is 0 Å². The molecule has 4 aromatic rings. The Labute approximate surface area is 187 Å². The average Bonchev–Trinajstić information content (AvgIpc) is 3.34. The second kappa shape index (κ2) is 7.13. The van der Waals surface area contributed by atoms with Crippen molar-refractivity contribution in [2.75, 3.05) is 0 Å². The molecule has 0 spiro atoms. The second-order valence-electron chi connectivity index (χ2n) is 8.63. The topological polar surface area (TPSA) is 96.7 Å². The molecule has 162 valence electrons. The highest BCUT2D eigenvalue weighted by molar-refractivity contribution is 6.31. The molecule has 4 heterocycles. The number of carboxylic acid groups (broad SMARTS) is 1. The van der Waals surface area contributed by atoms with Gasteiger partial charge < -0.3 is 14.7 Å². The Morgan fingerprint density at radius 3 is 2.97 bits per heavy atom. The van der Waals surface area contributed by atoms with Gasteiger partial charge in [0.25, 0.3) is 0 Å². The Morgan fingerprint density at radius 1 is 1.25 bits per heavy atom. The molecule has 0 aliphatic heterocycles. The lowest BCUT2D eigenvalue weighted by atomic mass is 9.71. The second-order valence-corrected chi connectivity index (χ2v) is 9.07. The number of hydrogen-bond acceptors (Lipinski definition) is 4. The summed E-state index contributed by atoms with van der Waals surface area (Å²) in [6.45, 7) is 0. The highest BCUT2D eigenvalue weighted by Crippen LogP contribution is 2.46. The van der Waals surface area contributed by atoms with Gasteiger partial charge in [0.05, 0.1) is 16.0 Å². The maximum Gasteiger partial charge on any atom is 0.333 e. The number of carboxylic acids is 1. The molecule has 2 aliphatic rings. The van der Waals surface area contributed by atoms with Crippen LogP contribution in [0.5, 0.6) is 0 Å². The van der Waals surface area contributed by atoms with Crippen LogP contribution in [0.15, 0.2) is 36.4 Å². The minimum Gasteiger partial charge on any atom is -0.478 e. The minimum atomic E-state index is -0.939. The summed E-state index contributed by atoms with van der Waals surface area (Å²) >= 11 is 6.12. The first-order chi connectivity index (χ1) is 15.5. The van der Waals surface area contributed by atoms with E-state index in [1.54, 1.807) is 23.0 Å². The molecule has 1 saturated carbocycles. The Balaban J connectivity index is 1.58. The van der Waals surface area contributed by atoms with Crippen LogP contribution in [0.2, 0.25) is 5.02 Å². The van der Waals surface area contributed by atoms with E-state index in [2.05, 4.69) is 19.9 Å². The smallest absolute Gasteiger partial charge is 0.333 e. The lowest BCUT2D eigenvalue weighted by Gasteiger charge is -2.37. The fourth-order valence-corrected chi connectivity index (χ4v) is 5.51. The zero-order valence-electron chi connectivity index (χ0n) is 17.0. The SMILES string of the molecule is O=C(O)C1=C(n2cc(F)c3cnc(-c4c[nH]c5ncc(Cl)cc45)nc32)C2CCCC(C1)C2. The van der Waals surface area contributed by atoms with Gasteiger partial charge in [0.1, 0.15) is 5.65 Å². The fraction of sp³-hybridized carbons (Fsp3) is 0.304. The van der Waals surface area contributed by atoms with Crippen LogP contribution in [0, 0.1) is 17.7 Å². The van der Waals surface area contributed by atoms with Crippen LogP contribution in [0.4, 0.5) is 4.39 Å². The maximum atomic E-state index is 14.9. The molecule has 4 aromatic heterocycles. The molecule has 0 radical (unpaired) electrons. The van der Waals surface area contributed by atoms with Crippen molar-refractivity contribution < 1.29 is 14.3 Å². The van der Waals surface area contributed by atoms with Gasteiger partial charge in [-0.25, -0.2) is 24.1 Å². The normalized spacial score (nSPS) is 20.9. The number of allylic oxidation sites excluding steroid dienone is 1. The first-order valence-corrected chi connectivity index (χ1v) is 11.0. The summed E-state index contributed by atoms with van der Waals surface area (Å²) in [5, 5.41) is 11.4. The lowest BCUT2D eigenvalue weighted by molar-refractivity contribution is -0.133. The largest absolute Gasteiger partial charge is 0.478 e. The van der Waals surface area contributed by atoms with Gasteiger partial charge in [-0.2, -0.15) is 0 Å². The van der Waals surface area contributed by atoms with Crippen LogP contribution in [0.3, 0.4) is 0 Å². The Hall–Kier alpha value is -3.26. The van der Waals surface area contributed by atoms with Crippen LogP contribution in [0.25, 0.3) is 39.2 Å². The lowest BCUT2D eigenvalue weighted by Crippen LogP contribution is -2.28. The molecule has 2 atom stereocenters. The number of aliphatic carboxylic acids is 1. The summed E-state index contributed by atoms with van der Waals surface area (Å²) in [6, 6.07) is 1.78. The number of rotatable bonds is 3. The van der Waals surface area contributed by atoms with E-state index in [4.69, 9.17) is 11.6 Å². The third kappa shape index (κ3) is 2.93. The summed E-state index contributed by atoms with van der Waals surface area (Å²) in [4.78, 5) is 28.5. The third-order valence-corrected chi connectivity index (χ3v) is 6.93. The molecule has 9 heteroatoms. The number of pyridine rings is 1. The molecule has 0 amide bonds. The van der Waals surface area contributed by atoms with Crippen LogP contribution >= 0.6 is 11.6 Å². The standard InChI is InChI=1S/C23H19ClFN5O2/c24-13-6-14-16(8-27-20(14)26-7-13)21-28-9-17-18(25)10-30(22(17)29-21)19-12-3-1-2-11(4-12)5-15(19)23(31)32/h6-12H,1-5H2,(H,26,27)(H,31,32). The molecular formula is C23H19ClFN5O2. The van der Waals surface area contributed by atoms with E-state index in [1.165, 1.54) is 12.4 Å². The Bertz CT molecular complexity index is 1440. The molecule has 2 bridgehead atoms. The zero-order valence-corrected chi connectivity index (χ0v) is 17.7. The van der Waals surface area contributed by atoms with Crippen molar-refractivity contribution in [1.29, 1.82) is 0 Å². The number of hydrogen-bond donors (Lipinski definition) is 2. The predicted octanol–water partition coefficient (Wildman–Crippen LogP) is 5.27. The van der Waals surface area contributed by atoms with Gasteiger partial charge in [0.2, 0.25) is 0 Å². The first-order valence-electron chi connectivity index (χ1n) is 10.6. The first kappa shape index (κ1) is 19.4. The summed E-state index contributed by atoms with van der Waals surface area (Å²) < 4.78 is 16.5. The van der Waals surface area contributed by atoms with E-state index >= 15 is 0 Å². The van der Waals surface area contributed by atoms with Gasteiger partial charge >= 0.3 is 5.97 Å². The van der Waals surface area contributed by atoms with Crippen molar-refractivity contribution in [3.05, 3.63) is 47.3 Å².